The minimum absolute atomic E-state index is 0.243. The van der Waals surface area contributed by atoms with Crippen molar-refractivity contribution in [2.45, 2.75) is 6.54 Å². The van der Waals surface area contributed by atoms with Gasteiger partial charge in [-0.3, -0.25) is 0 Å². The Bertz CT molecular complexity index is 604. The van der Waals surface area contributed by atoms with Gasteiger partial charge in [0, 0.05) is 28.3 Å². The second kappa shape index (κ2) is 6.61. The monoisotopic (exact) mass is 339 g/mol. The molecule has 0 bridgehead atoms. The number of halogens is 2. The highest BCUT2D eigenvalue weighted by molar-refractivity contribution is 9.10. The second-order valence-electron chi connectivity index (χ2n) is 4.16. The summed E-state index contributed by atoms with van der Waals surface area (Å²) in [4.78, 5) is 0. The van der Waals surface area contributed by atoms with Crippen LogP contribution in [0.25, 0.3) is 0 Å². The van der Waals surface area contributed by atoms with Gasteiger partial charge in [0.2, 0.25) is 0 Å². The minimum Gasteiger partial charge on any atom is -0.493 e. The highest BCUT2D eigenvalue weighted by atomic mass is 79.9. The average Bonchev–Trinajstić information content (AvgIpc) is 2.46. The molecule has 0 aromatic heterocycles. The number of rotatable bonds is 5. The van der Waals surface area contributed by atoms with E-state index in [1.807, 2.05) is 18.2 Å². The molecule has 2 aromatic carbocycles. The summed E-state index contributed by atoms with van der Waals surface area (Å²) >= 11 is 3.24. The maximum Gasteiger partial charge on any atom is 0.162 e. The summed E-state index contributed by atoms with van der Waals surface area (Å²) in [6, 6.07) is 10.5. The highest BCUT2D eigenvalue weighted by Crippen LogP contribution is 2.30. The van der Waals surface area contributed by atoms with Crippen molar-refractivity contribution in [2.75, 3.05) is 19.5 Å². The Morgan fingerprint density at radius 2 is 1.80 bits per heavy atom. The van der Waals surface area contributed by atoms with E-state index in [-0.39, 0.29) is 5.82 Å². The summed E-state index contributed by atoms with van der Waals surface area (Å²) < 4.78 is 24.8. The van der Waals surface area contributed by atoms with Crippen LogP contribution in [0.2, 0.25) is 0 Å². The third-order valence-corrected chi connectivity index (χ3v) is 3.37. The van der Waals surface area contributed by atoms with E-state index in [2.05, 4.69) is 21.2 Å². The van der Waals surface area contributed by atoms with E-state index in [4.69, 9.17) is 9.47 Å². The topological polar surface area (TPSA) is 30.5 Å². The zero-order valence-corrected chi connectivity index (χ0v) is 12.8. The fourth-order valence-electron chi connectivity index (χ4n) is 1.81. The Kier molecular flexibility index (Phi) is 4.84. The normalized spacial score (nSPS) is 10.2. The van der Waals surface area contributed by atoms with E-state index in [9.17, 15) is 4.39 Å². The number of nitrogens with one attached hydrogen (secondary N) is 1. The van der Waals surface area contributed by atoms with Gasteiger partial charge in [0.15, 0.2) is 11.5 Å². The molecule has 0 saturated carbocycles. The molecule has 5 heteroatoms. The van der Waals surface area contributed by atoms with Crippen LogP contribution in [-0.2, 0) is 6.54 Å². The van der Waals surface area contributed by atoms with Crippen LogP contribution in [0.15, 0.2) is 40.9 Å². The molecule has 0 spiro atoms. The van der Waals surface area contributed by atoms with Gasteiger partial charge in [-0.2, -0.15) is 0 Å². The van der Waals surface area contributed by atoms with Crippen LogP contribution >= 0.6 is 15.9 Å². The van der Waals surface area contributed by atoms with Gasteiger partial charge in [-0.1, -0.05) is 22.0 Å². The zero-order chi connectivity index (χ0) is 14.5. The van der Waals surface area contributed by atoms with Crippen LogP contribution in [0, 0.1) is 5.82 Å². The van der Waals surface area contributed by atoms with Crippen LogP contribution in [0.5, 0.6) is 11.5 Å². The smallest absolute Gasteiger partial charge is 0.162 e. The first-order valence-corrected chi connectivity index (χ1v) is 6.83. The lowest BCUT2D eigenvalue weighted by Gasteiger charge is -2.11. The summed E-state index contributed by atoms with van der Waals surface area (Å²) in [5.74, 6) is 1.05. The predicted molar refractivity (Wildman–Crippen MR) is 81.0 cm³/mol. The predicted octanol–water partition coefficient (Wildman–Crippen LogP) is 4.22. The number of ether oxygens (including phenoxy) is 2. The van der Waals surface area contributed by atoms with E-state index < -0.39 is 0 Å². The SMILES string of the molecule is COc1ccc(NCc2ccc(Br)cc2F)cc1OC. The van der Waals surface area contributed by atoms with Gasteiger partial charge < -0.3 is 14.8 Å². The largest absolute Gasteiger partial charge is 0.493 e. The number of benzene rings is 2. The Balaban J connectivity index is 2.10. The third-order valence-electron chi connectivity index (χ3n) is 2.88. The molecule has 0 fully saturated rings. The molecule has 0 saturated heterocycles. The summed E-state index contributed by atoms with van der Waals surface area (Å²) in [5.41, 5.74) is 1.44. The summed E-state index contributed by atoms with van der Waals surface area (Å²) in [6.45, 7) is 0.397. The van der Waals surface area contributed by atoms with Gasteiger partial charge in [0.05, 0.1) is 14.2 Å². The van der Waals surface area contributed by atoms with Crippen molar-refractivity contribution in [3.05, 3.63) is 52.3 Å². The second-order valence-corrected chi connectivity index (χ2v) is 5.07. The molecule has 0 amide bonds. The van der Waals surface area contributed by atoms with Crippen LogP contribution in [0.3, 0.4) is 0 Å². The van der Waals surface area contributed by atoms with Gasteiger partial charge in [-0.25, -0.2) is 4.39 Å². The molecule has 0 atom stereocenters. The summed E-state index contributed by atoms with van der Waals surface area (Å²) in [6.07, 6.45) is 0. The van der Waals surface area contributed by atoms with Crippen molar-refractivity contribution in [3.8, 4) is 11.5 Å². The molecule has 0 aliphatic heterocycles. The molecule has 2 aromatic rings. The number of methoxy groups -OCH3 is 2. The van der Waals surface area contributed by atoms with Crippen LogP contribution < -0.4 is 14.8 Å². The lowest BCUT2D eigenvalue weighted by Crippen LogP contribution is -2.02. The first-order chi connectivity index (χ1) is 9.63. The molecular weight excluding hydrogens is 325 g/mol. The first-order valence-electron chi connectivity index (χ1n) is 6.04. The summed E-state index contributed by atoms with van der Waals surface area (Å²) in [5, 5.41) is 3.16. The number of hydrogen-bond donors (Lipinski definition) is 1. The van der Waals surface area contributed by atoms with E-state index in [0.717, 1.165) is 10.2 Å². The van der Waals surface area contributed by atoms with Crippen molar-refractivity contribution in [1.29, 1.82) is 0 Å². The van der Waals surface area contributed by atoms with Gasteiger partial charge >= 0.3 is 0 Å². The van der Waals surface area contributed by atoms with Gasteiger partial charge in [0.25, 0.3) is 0 Å². The number of hydrogen-bond acceptors (Lipinski definition) is 3. The molecule has 0 unspecified atom stereocenters. The molecule has 0 radical (unpaired) electrons. The standard InChI is InChI=1S/C15H15BrFNO2/c1-19-14-6-5-12(8-15(14)20-2)18-9-10-3-4-11(16)7-13(10)17/h3-8,18H,9H2,1-2H3. The van der Waals surface area contributed by atoms with Gasteiger partial charge in [-0.15, -0.1) is 0 Å². The zero-order valence-electron chi connectivity index (χ0n) is 11.2. The lowest BCUT2D eigenvalue weighted by atomic mass is 10.2. The van der Waals surface area contributed by atoms with Gasteiger partial charge in [0.1, 0.15) is 5.82 Å². The molecule has 2 rings (SSSR count). The van der Waals surface area contributed by atoms with Crippen molar-refractivity contribution >= 4 is 21.6 Å². The minimum atomic E-state index is -0.243. The molecular formula is C15H15BrFNO2. The lowest BCUT2D eigenvalue weighted by molar-refractivity contribution is 0.355. The maximum absolute atomic E-state index is 13.7. The Morgan fingerprint density at radius 1 is 1.05 bits per heavy atom. The van der Waals surface area contributed by atoms with Crippen molar-refractivity contribution in [1.82, 2.24) is 0 Å². The third kappa shape index (κ3) is 3.42. The Morgan fingerprint density at radius 3 is 2.45 bits per heavy atom. The summed E-state index contributed by atoms with van der Waals surface area (Å²) in [7, 11) is 3.16. The van der Waals surface area contributed by atoms with E-state index in [1.54, 1.807) is 26.4 Å². The van der Waals surface area contributed by atoms with Crippen LogP contribution in [0.1, 0.15) is 5.56 Å². The van der Waals surface area contributed by atoms with Crippen molar-refractivity contribution in [2.24, 2.45) is 0 Å². The molecule has 106 valence electrons. The fraction of sp³-hybridized carbons (Fsp3) is 0.200. The molecule has 0 heterocycles. The average molecular weight is 340 g/mol. The van der Waals surface area contributed by atoms with E-state index >= 15 is 0 Å². The molecule has 1 N–H and O–H groups in total. The number of anilines is 1. The van der Waals surface area contributed by atoms with Crippen molar-refractivity contribution < 1.29 is 13.9 Å². The van der Waals surface area contributed by atoms with E-state index in [1.165, 1.54) is 6.07 Å². The maximum atomic E-state index is 13.7. The molecule has 0 aliphatic carbocycles. The first kappa shape index (κ1) is 14.7. The molecule has 3 nitrogen and oxygen atoms in total. The van der Waals surface area contributed by atoms with Crippen LogP contribution in [-0.4, -0.2) is 14.2 Å². The van der Waals surface area contributed by atoms with Gasteiger partial charge in [-0.05, 0) is 24.3 Å². The highest BCUT2D eigenvalue weighted by Gasteiger charge is 2.06. The molecule has 0 aliphatic rings. The Labute approximate surface area is 125 Å². The molecule has 20 heavy (non-hydrogen) atoms. The van der Waals surface area contributed by atoms with Crippen molar-refractivity contribution in [3.63, 3.8) is 0 Å². The van der Waals surface area contributed by atoms with E-state index in [0.29, 0.717) is 23.6 Å². The quantitative estimate of drug-likeness (QED) is 0.884. The van der Waals surface area contributed by atoms with Crippen LogP contribution in [0.4, 0.5) is 10.1 Å². The Hall–Kier alpha value is -1.75. The fourth-order valence-corrected chi connectivity index (χ4v) is 2.14.